The average Bonchev–Trinajstić information content (AvgIpc) is 3.04. The molecule has 0 spiro atoms. The molecule has 0 fully saturated rings. The number of alkyl halides is 3. The molecule has 0 saturated heterocycles. The second kappa shape index (κ2) is 6.64. The molecule has 2 atom stereocenters. The summed E-state index contributed by atoms with van der Waals surface area (Å²) in [5.41, 5.74) is 0.633. The third kappa shape index (κ3) is 3.94. The molecule has 3 rings (SSSR count). The zero-order valence-electron chi connectivity index (χ0n) is 12.2. The summed E-state index contributed by atoms with van der Waals surface area (Å²) >= 11 is 0. The van der Waals surface area contributed by atoms with Crippen LogP contribution in [-0.4, -0.2) is 15.6 Å². The van der Waals surface area contributed by atoms with E-state index in [2.05, 4.69) is 9.89 Å². The van der Waals surface area contributed by atoms with E-state index >= 15 is 0 Å². The molecule has 2 aromatic carbocycles. The quantitative estimate of drug-likeness (QED) is 0.830. The molecule has 0 aliphatic carbocycles. The van der Waals surface area contributed by atoms with Gasteiger partial charge in [-0.1, -0.05) is 35.5 Å². The fourth-order valence-electron chi connectivity index (χ4n) is 2.21. The average molecular weight is 355 g/mol. The molecule has 0 aromatic heterocycles. The Morgan fingerprint density at radius 3 is 2.38 bits per heavy atom. The lowest BCUT2D eigenvalue weighted by molar-refractivity contribution is -0.274. The van der Waals surface area contributed by atoms with Crippen LogP contribution in [0.2, 0.25) is 0 Å². The highest BCUT2D eigenvalue weighted by Crippen LogP contribution is 2.31. The SMILES string of the molecule is O=S(C1=NO[C@H](c2ccc(OC(F)(F)F)cc2)C1)c1ccccc1. The third-order valence-electron chi connectivity index (χ3n) is 3.30. The summed E-state index contributed by atoms with van der Waals surface area (Å²) in [6.07, 6.45) is -4.90. The Bertz CT molecular complexity index is 760. The predicted octanol–water partition coefficient (Wildman–Crippen LogP) is 4.17. The van der Waals surface area contributed by atoms with Crippen LogP contribution in [0.3, 0.4) is 0 Å². The first-order valence-electron chi connectivity index (χ1n) is 6.97. The normalized spacial score (nSPS) is 18.6. The molecular formula is C16H12F3NO3S. The number of hydrogen-bond acceptors (Lipinski definition) is 4. The van der Waals surface area contributed by atoms with Gasteiger partial charge < -0.3 is 9.57 Å². The molecular weight excluding hydrogens is 343 g/mol. The molecule has 8 heteroatoms. The van der Waals surface area contributed by atoms with Crippen molar-refractivity contribution in [2.75, 3.05) is 0 Å². The first-order valence-corrected chi connectivity index (χ1v) is 8.12. The second-order valence-corrected chi connectivity index (χ2v) is 6.46. The van der Waals surface area contributed by atoms with E-state index in [0.29, 0.717) is 21.9 Å². The van der Waals surface area contributed by atoms with Gasteiger partial charge in [0.05, 0.1) is 0 Å². The van der Waals surface area contributed by atoms with Crippen molar-refractivity contribution >= 4 is 15.8 Å². The first-order chi connectivity index (χ1) is 11.4. The Morgan fingerprint density at radius 1 is 1.08 bits per heavy atom. The molecule has 0 radical (unpaired) electrons. The molecule has 24 heavy (non-hydrogen) atoms. The number of halogens is 3. The maximum absolute atomic E-state index is 12.4. The largest absolute Gasteiger partial charge is 0.573 e. The van der Waals surface area contributed by atoms with Crippen molar-refractivity contribution in [3.05, 3.63) is 60.2 Å². The van der Waals surface area contributed by atoms with Gasteiger partial charge in [-0.3, -0.25) is 0 Å². The van der Waals surface area contributed by atoms with E-state index in [1.165, 1.54) is 24.3 Å². The van der Waals surface area contributed by atoms with Crippen molar-refractivity contribution in [2.45, 2.75) is 23.8 Å². The van der Waals surface area contributed by atoms with Crippen molar-refractivity contribution in [2.24, 2.45) is 5.16 Å². The monoisotopic (exact) mass is 355 g/mol. The molecule has 126 valence electrons. The van der Waals surface area contributed by atoms with Crippen molar-refractivity contribution in [3.8, 4) is 5.75 Å². The summed E-state index contributed by atoms with van der Waals surface area (Å²) in [7, 11) is -1.42. The highest BCUT2D eigenvalue weighted by atomic mass is 32.2. The smallest absolute Gasteiger partial charge is 0.406 e. The number of benzene rings is 2. The van der Waals surface area contributed by atoms with E-state index in [9.17, 15) is 17.4 Å². The van der Waals surface area contributed by atoms with Crippen LogP contribution in [0, 0.1) is 0 Å². The molecule has 0 N–H and O–H groups in total. The third-order valence-corrected chi connectivity index (χ3v) is 4.67. The van der Waals surface area contributed by atoms with Crippen molar-refractivity contribution in [1.29, 1.82) is 0 Å². The Hall–Kier alpha value is -2.35. The summed E-state index contributed by atoms with van der Waals surface area (Å²) in [4.78, 5) is 5.89. The van der Waals surface area contributed by atoms with E-state index in [1.54, 1.807) is 24.3 Å². The van der Waals surface area contributed by atoms with Crippen LogP contribution in [0.5, 0.6) is 5.75 Å². The Labute approximate surface area is 138 Å². The van der Waals surface area contributed by atoms with E-state index in [4.69, 9.17) is 4.84 Å². The van der Waals surface area contributed by atoms with Crippen LogP contribution in [0.15, 0.2) is 64.6 Å². The van der Waals surface area contributed by atoms with Gasteiger partial charge in [-0.2, -0.15) is 0 Å². The van der Waals surface area contributed by atoms with E-state index < -0.39 is 23.3 Å². The number of ether oxygens (including phenoxy) is 1. The van der Waals surface area contributed by atoms with Crippen molar-refractivity contribution in [3.63, 3.8) is 0 Å². The Balaban J connectivity index is 1.66. The summed E-state index contributed by atoms with van der Waals surface area (Å²) in [5.74, 6) is -0.307. The van der Waals surface area contributed by atoms with E-state index in [1.807, 2.05) is 6.07 Å². The maximum atomic E-state index is 12.4. The Morgan fingerprint density at radius 2 is 1.75 bits per heavy atom. The standard InChI is InChI=1S/C16H12F3NO3S/c17-16(18,19)22-12-8-6-11(7-9-12)14-10-15(20-23-14)24(21)13-4-2-1-3-5-13/h1-9,14H,10H2/t14-,24?/m0/s1. The van der Waals surface area contributed by atoms with Gasteiger partial charge in [-0.05, 0) is 29.8 Å². The maximum Gasteiger partial charge on any atom is 0.573 e. The highest BCUT2D eigenvalue weighted by molar-refractivity contribution is 8.00. The number of nitrogens with zero attached hydrogens (tertiary/aromatic N) is 1. The molecule has 0 bridgehead atoms. The minimum atomic E-state index is -4.73. The molecule has 0 amide bonds. The molecule has 1 aliphatic rings. The van der Waals surface area contributed by atoms with Gasteiger partial charge in [0.25, 0.3) is 0 Å². The van der Waals surface area contributed by atoms with Crippen molar-refractivity contribution < 1.29 is 27.0 Å². The zero-order chi connectivity index (χ0) is 17.2. The number of oxime groups is 1. The molecule has 1 heterocycles. The van der Waals surface area contributed by atoms with Gasteiger partial charge in [-0.15, -0.1) is 13.2 Å². The van der Waals surface area contributed by atoms with Crippen LogP contribution in [0.4, 0.5) is 13.2 Å². The van der Waals surface area contributed by atoms with Gasteiger partial charge in [0.2, 0.25) is 0 Å². The molecule has 1 unspecified atom stereocenters. The molecule has 0 saturated carbocycles. The lowest BCUT2D eigenvalue weighted by atomic mass is 10.1. The minimum Gasteiger partial charge on any atom is -0.406 e. The van der Waals surface area contributed by atoms with Crippen LogP contribution in [-0.2, 0) is 15.6 Å². The lowest BCUT2D eigenvalue weighted by Crippen LogP contribution is -2.17. The van der Waals surface area contributed by atoms with Crippen molar-refractivity contribution in [1.82, 2.24) is 0 Å². The zero-order valence-corrected chi connectivity index (χ0v) is 13.0. The van der Waals surface area contributed by atoms with Crippen LogP contribution in [0.25, 0.3) is 0 Å². The molecule has 2 aromatic rings. The van der Waals surface area contributed by atoms with Crippen LogP contribution >= 0.6 is 0 Å². The summed E-state index contributed by atoms with van der Waals surface area (Å²) < 4.78 is 52.6. The highest BCUT2D eigenvalue weighted by Gasteiger charge is 2.31. The summed E-state index contributed by atoms with van der Waals surface area (Å²) in [6.45, 7) is 0. The van der Waals surface area contributed by atoms with Gasteiger partial charge in [-0.25, -0.2) is 4.21 Å². The van der Waals surface area contributed by atoms with Crippen LogP contribution in [0.1, 0.15) is 18.1 Å². The number of hydrogen-bond donors (Lipinski definition) is 0. The number of rotatable bonds is 3. The minimum absolute atomic E-state index is 0.307. The van der Waals surface area contributed by atoms with E-state index in [0.717, 1.165) is 0 Å². The van der Waals surface area contributed by atoms with Gasteiger partial charge in [0.15, 0.2) is 11.1 Å². The fourth-order valence-corrected chi connectivity index (χ4v) is 3.30. The second-order valence-electron chi connectivity index (χ2n) is 4.98. The summed E-state index contributed by atoms with van der Waals surface area (Å²) in [5, 5.41) is 4.25. The predicted molar refractivity (Wildman–Crippen MR) is 81.9 cm³/mol. The first kappa shape index (κ1) is 16.5. The molecule has 4 nitrogen and oxygen atoms in total. The lowest BCUT2D eigenvalue weighted by Gasteiger charge is -2.11. The topological polar surface area (TPSA) is 47.9 Å². The Kier molecular flexibility index (Phi) is 4.57. The van der Waals surface area contributed by atoms with Gasteiger partial charge in [0, 0.05) is 11.3 Å². The van der Waals surface area contributed by atoms with E-state index in [-0.39, 0.29) is 5.75 Å². The van der Waals surface area contributed by atoms with Gasteiger partial charge in [0.1, 0.15) is 16.5 Å². The van der Waals surface area contributed by atoms with Crippen LogP contribution < -0.4 is 4.74 Å². The molecule has 1 aliphatic heterocycles. The summed E-state index contributed by atoms with van der Waals surface area (Å²) in [6, 6.07) is 14.2. The fraction of sp³-hybridized carbons (Fsp3) is 0.188. The van der Waals surface area contributed by atoms with Gasteiger partial charge >= 0.3 is 6.36 Å².